The Morgan fingerprint density at radius 3 is 2.80 bits per heavy atom. The van der Waals surface area contributed by atoms with Gasteiger partial charge in [-0.3, -0.25) is 4.79 Å². The van der Waals surface area contributed by atoms with Gasteiger partial charge >= 0.3 is 0 Å². The average molecular weight is 136 g/mol. The standard InChI is InChI=1S/C9H12O/c1-3-5-7-9(10)8-6-4-2/h3-7H,1,8H2,2H3/b6-4+,7-5+. The van der Waals surface area contributed by atoms with Gasteiger partial charge in [0.05, 0.1) is 0 Å². The van der Waals surface area contributed by atoms with Gasteiger partial charge in [0.2, 0.25) is 0 Å². The zero-order valence-corrected chi connectivity index (χ0v) is 6.21. The first kappa shape index (κ1) is 8.89. The van der Waals surface area contributed by atoms with E-state index in [-0.39, 0.29) is 5.78 Å². The SMILES string of the molecule is C=C/C=C/C(=O)C/C=C/C. The van der Waals surface area contributed by atoms with Gasteiger partial charge < -0.3 is 0 Å². The molecule has 10 heavy (non-hydrogen) atoms. The van der Waals surface area contributed by atoms with Crippen LogP contribution in [-0.4, -0.2) is 5.78 Å². The Balaban J connectivity index is 3.63. The third-order valence-electron chi connectivity index (χ3n) is 0.973. The molecule has 0 aromatic rings. The first-order valence-electron chi connectivity index (χ1n) is 3.24. The number of hydrogen-bond donors (Lipinski definition) is 0. The third kappa shape index (κ3) is 5.04. The largest absolute Gasteiger partial charge is 0.295 e. The molecule has 0 spiro atoms. The maximum atomic E-state index is 10.8. The fourth-order valence-electron chi connectivity index (χ4n) is 0.477. The highest BCUT2D eigenvalue weighted by Gasteiger charge is 1.87. The molecule has 0 saturated carbocycles. The van der Waals surface area contributed by atoms with Crippen LogP contribution in [0.25, 0.3) is 0 Å². The minimum absolute atomic E-state index is 0.109. The van der Waals surface area contributed by atoms with E-state index in [4.69, 9.17) is 0 Å². The molecule has 0 heterocycles. The van der Waals surface area contributed by atoms with E-state index < -0.39 is 0 Å². The van der Waals surface area contributed by atoms with Crippen LogP contribution < -0.4 is 0 Å². The molecule has 0 aliphatic rings. The molecule has 0 aromatic heterocycles. The van der Waals surface area contributed by atoms with Crippen LogP contribution in [0.2, 0.25) is 0 Å². The highest BCUT2D eigenvalue weighted by molar-refractivity contribution is 5.90. The van der Waals surface area contributed by atoms with E-state index >= 15 is 0 Å². The maximum Gasteiger partial charge on any atom is 0.159 e. The summed E-state index contributed by atoms with van der Waals surface area (Å²) in [5, 5.41) is 0. The van der Waals surface area contributed by atoms with Crippen molar-refractivity contribution >= 4 is 5.78 Å². The second-order valence-corrected chi connectivity index (χ2v) is 1.83. The lowest BCUT2D eigenvalue weighted by atomic mass is 10.2. The Kier molecular flexibility index (Phi) is 5.35. The molecule has 0 radical (unpaired) electrons. The second-order valence-electron chi connectivity index (χ2n) is 1.83. The van der Waals surface area contributed by atoms with Gasteiger partial charge in [-0.1, -0.05) is 30.9 Å². The second kappa shape index (κ2) is 6.02. The monoisotopic (exact) mass is 136 g/mol. The van der Waals surface area contributed by atoms with Gasteiger partial charge in [0.1, 0.15) is 0 Å². The van der Waals surface area contributed by atoms with Crippen molar-refractivity contribution in [1.29, 1.82) is 0 Å². The number of allylic oxidation sites excluding steroid dienone is 5. The summed E-state index contributed by atoms with van der Waals surface area (Å²) in [5.74, 6) is 0.109. The van der Waals surface area contributed by atoms with Crippen molar-refractivity contribution in [3.8, 4) is 0 Å². The Labute approximate surface area is 61.8 Å². The molecule has 0 aliphatic carbocycles. The molecule has 1 nitrogen and oxygen atoms in total. The van der Waals surface area contributed by atoms with Crippen molar-refractivity contribution < 1.29 is 4.79 Å². The van der Waals surface area contributed by atoms with E-state index in [1.54, 1.807) is 12.2 Å². The van der Waals surface area contributed by atoms with Crippen LogP contribution in [0.4, 0.5) is 0 Å². The van der Waals surface area contributed by atoms with Crippen LogP contribution in [0.15, 0.2) is 37.0 Å². The van der Waals surface area contributed by atoms with Crippen molar-refractivity contribution in [2.75, 3.05) is 0 Å². The first-order valence-corrected chi connectivity index (χ1v) is 3.24. The average Bonchev–Trinajstić information content (AvgIpc) is 1.97. The molecule has 0 atom stereocenters. The Morgan fingerprint density at radius 2 is 2.30 bits per heavy atom. The summed E-state index contributed by atoms with van der Waals surface area (Å²) in [6, 6.07) is 0. The molecule has 0 N–H and O–H groups in total. The molecule has 0 unspecified atom stereocenters. The van der Waals surface area contributed by atoms with Gasteiger partial charge in [-0.15, -0.1) is 0 Å². The smallest absolute Gasteiger partial charge is 0.159 e. The molecule has 1 heteroatoms. The lowest BCUT2D eigenvalue weighted by Crippen LogP contribution is -1.87. The van der Waals surface area contributed by atoms with Crippen LogP contribution in [0.1, 0.15) is 13.3 Å². The van der Waals surface area contributed by atoms with Crippen LogP contribution >= 0.6 is 0 Å². The Bertz CT molecular complexity index is 164. The number of rotatable bonds is 4. The van der Waals surface area contributed by atoms with Crippen LogP contribution in [0.3, 0.4) is 0 Å². The zero-order valence-electron chi connectivity index (χ0n) is 6.21. The lowest BCUT2D eigenvalue weighted by Gasteiger charge is -1.82. The summed E-state index contributed by atoms with van der Waals surface area (Å²) >= 11 is 0. The van der Waals surface area contributed by atoms with Crippen LogP contribution in [0.5, 0.6) is 0 Å². The van der Waals surface area contributed by atoms with Gasteiger partial charge in [-0.25, -0.2) is 0 Å². The normalized spacial score (nSPS) is 10.9. The molecule has 0 rings (SSSR count). The van der Waals surface area contributed by atoms with Gasteiger partial charge in [-0.2, -0.15) is 0 Å². The summed E-state index contributed by atoms with van der Waals surface area (Å²) in [6.45, 7) is 5.35. The van der Waals surface area contributed by atoms with E-state index in [2.05, 4.69) is 6.58 Å². The van der Waals surface area contributed by atoms with Gasteiger partial charge in [0.15, 0.2) is 5.78 Å². The lowest BCUT2D eigenvalue weighted by molar-refractivity contribution is -0.113. The highest BCUT2D eigenvalue weighted by Crippen LogP contribution is 1.87. The van der Waals surface area contributed by atoms with Gasteiger partial charge in [0, 0.05) is 6.42 Å². The van der Waals surface area contributed by atoms with Gasteiger partial charge in [0.25, 0.3) is 0 Å². The molecular formula is C9H12O. The molecule has 0 bridgehead atoms. The summed E-state index contributed by atoms with van der Waals surface area (Å²) in [4.78, 5) is 10.8. The van der Waals surface area contributed by atoms with Crippen molar-refractivity contribution in [2.45, 2.75) is 13.3 Å². The maximum absolute atomic E-state index is 10.8. The predicted octanol–water partition coefficient (Wildman–Crippen LogP) is 2.26. The van der Waals surface area contributed by atoms with E-state index in [1.807, 2.05) is 19.1 Å². The highest BCUT2D eigenvalue weighted by atomic mass is 16.1. The number of ketones is 1. The van der Waals surface area contributed by atoms with Gasteiger partial charge in [-0.05, 0) is 13.0 Å². The van der Waals surface area contributed by atoms with Crippen molar-refractivity contribution in [1.82, 2.24) is 0 Å². The van der Waals surface area contributed by atoms with Crippen LogP contribution in [0, 0.1) is 0 Å². The molecule has 0 fully saturated rings. The Morgan fingerprint density at radius 1 is 1.60 bits per heavy atom. The predicted molar refractivity (Wildman–Crippen MR) is 43.8 cm³/mol. The first-order chi connectivity index (χ1) is 4.81. The molecule has 0 aromatic carbocycles. The van der Waals surface area contributed by atoms with E-state index in [0.29, 0.717) is 6.42 Å². The number of carbonyl (C=O) groups is 1. The number of hydrogen-bond acceptors (Lipinski definition) is 1. The molecule has 0 amide bonds. The van der Waals surface area contributed by atoms with E-state index in [0.717, 1.165) is 0 Å². The summed E-state index contributed by atoms with van der Waals surface area (Å²) in [7, 11) is 0. The Hall–Kier alpha value is -1.11. The van der Waals surface area contributed by atoms with Crippen molar-refractivity contribution in [3.05, 3.63) is 37.0 Å². The quantitative estimate of drug-likeness (QED) is 0.329. The minimum atomic E-state index is 0.109. The third-order valence-corrected chi connectivity index (χ3v) is 0.973. The van der Waals surface area contributed by atoms with Crippen molar-refractivity contribution in [2.24, 2.45) is 0 Å². The molecule has 0 saturated heterocycles. The van der Waals surface area contributed by atoms with Crippen LogP contribution in [-0.2, 0) is 4.79 Å². The minimum Gasteiger partial charge on any atom is -0.295 e. The fourth-order valence-corrected chi connectivity index (χ4v) is 0.477. The van der Waals surface area contributed by atoms with E-state index in [1.165, 1.54) is 6.08 Å². The summed E-state index contributed by atoms with van der Waals surface area (Å²) in [6.07, 6.45) is 8.93. The van der Waals surface area contributed by atoms with Crippen molar-refractivity contribution in [3.63, 3.8) is 0 Å². The molecule has 0 aliphatic heterocycles. The summed E-state index contributed by atoms with van der Waals surface area (Å²) < 4.78 is 0. The molecular weight excluding hydrogens is 124 g/mol. The topological polar surface area (TPSA) is 17.1 Å². The van der Waals surface area contributed by atoms with E-state index in [9.17, 15) is 4.79 Å². The summed E-state index contributed by atoms with van der Waals surface area (Å²) in [5.41, 5.74) is 0. The number of carbonyl (C=O) groups excluding carboxylic acids is 1. The fraction of sp³-hybridized carbons (Fsp3) is 0.222. The zero-order chi connectivity index (χ0) is 7.82. The molecule has 54 valence electrons.